The van der Waals surface area contributed by atoms with Gasteiger partial charge in [-0.25, -0.2) is 4.68 Å². The minimum atomic E-state index is -0.00115. The fraction of sp³-hybridized carbons (Fsp3) is 0.579. The number of nitrogens with zero attached hydrogens (tertiary/aromatic N) is 7. The summed E-state index contributed by atoms with van der Waals surface area (Å²) in [7, 11) is 0. The largest absolute Gasteiger partial charge is 0.342 e. The van der Waals surface area contributed by atoms with Crippen LogP contribution in [0.15, 0.2) is 30.9 Å². The van der Waals surface area contributed by atoms with Crippen molar-refractivity contribution in [2.24, 2.45) is 5.41 Å². The van der Waals surface area contributed by atoms with Crippen LogP contribution < -0.4 is 0 Å². The van der Waals surface area contributed by atoms with Crippen molar-refractivity contribution in [1.29, 1.82) is 0 Å². The molecule has 2 saturated heterocycles. The molecule has 2 fully saturated rings. The lowest BCUT2D eigenvalue weighted by molar-refractivity contribution is -0.143. The minimum absolute atomic E-state index is 0.00115. The molecule has 9 heteroatoms. The summed E-state index contributed by atoms with van der Waals surface area (Å²) >= 11 is 0. The Labute approximate surface area is 163 Å². The Bertz CT molecular complexity index is 811. The third kappa shape index (κ3) is 4.18. The molecule has 0 unspecified atom stereocenters. The van der Waals surface area contributed by atoms with Gasteiger partial charge >= 0.3 is 0 Å². The first-order valence-corrected chi connectivity index (χ1v) is 9.79. The van der Waals surface area contributed by atoms with Crippen molar-refractivity contribution >= 4 is 11.8 Å². The van der Waals surface area contributed by atoms with E-state index in [4.69, 9.17) is 0 Å². The van der Waals surface area contributed by atoms with Crippen molar-refractivity contribution in [2.75, 3.05) is 19.6 Å². The molecular weight excluding hydrogens is 358 g/mol. The van der Waals surface area contributed by atoms with E-state index in [-0.39, 0.29) is 17.2 Å². The molecule has 4 rings (SSSR count). The van der Waals surface area contributed by atoms with E-state index in [0.29, 0.717) is 32.5 Å². The van der Waals surface area contributed by atoms with Gasteiger partial charge in [0.05, 0.1) is 6.54 Å². The molecule has 0 aromatic carbocycles. The predicted octanol–water partition coefficient (Wildman–Crippen LogP) is 0.890. The zero-order valence-corrected chi connectivity index (χ0v) is 15.9. The van der Waals surface area contributed by atoms with E-state index in [1.54, 1.807) is 10.9 Å². The summed E-state index contributed by atoms with van der Waals surface area (Å²) in [4.78, 5) is 33.2. The topological polar surface area (TPSA) is 97.1 Å². The highest BCUT2D eigenvalue weighted by Gasteiger charge is 2.42. The first kappa shape index (κ1) is 18.5. The third-order valence-electron chi connectivity index (χ3n) is 5.80. The maximum absolute atomic E-state index is 12.7. The molecule has 9 nitrogen and oxygen atoms in total. The van der Waals surface area contributed by atoms with E-state index in [1.165, 1.54) is 6.33 Å². The second kappa shape index (κ2) is 8.04. The molecule has 0 bridgehead atoms. The number of piperidine rings is 2. The molecular formula is C19H25N7O2. The van der Waals surface area contributed by atoms with Crippen LogP contribution in [0.5, 0.6) is 0 Å². The SMILES string of the molecule is O=C(CCn1cnnn1)N1CCC[C@@]2(CCC(=O)N(Cc3cccnc3)C2)C1. The Morgan fingerprint density at radius 1 is 1.25 bits per heavy atom. The Balaban J connectivity index is 1.39. The van der Waals surface area contributed by atoms with Crippen LogP contribution in [-0.2, 0) is 22.7 Å². The summed E-state index contributed by atoms with van der Waals surface area (Å²) in [6.07, 6.45) is 8.89. The average Bonchev–Trinajstić information content (AvgIpc) is 3.24. The number of carbonyl (C=O) groups is 2. The number of hydrogen-bond acceptors (Lipinski definition) is 6. The predicted molar refractivity (Wildman–Crippen MR) is 99.6 cm³/mol. The molecule has 0 aliphatic carbocycles. The molecule has 28 heavy (non-hydrogen) atoms. The Morgan fingerprint density at radius 3 is 2.96 bits per heavy atom. The van der Waals surface area contributed by atoms with Gasteiger partial charge < -0.3 is 9.80 Å². The highest BCUT2D eigenvalue weighted by atomic mass is 16.2. The van der Waals surface area contributed by atoms with Crippen LogP contribution in [0.1, 0.15) is 37.7 Å². The van der Waals surface area contributed by atoms with Crippen molar-refractivity contribution in [3.05, 3.63) is 36.4 Å². The number of carbonyl (C=O) groups excluding carboxylic acids is 2. The van der Waals surface area contributed by atoms with Gasteiger partial charge in [0.1, 0.15) is 6.33 Å². The Kier molecular flexibility index (Phi) is 5.31. The smallest absolute Gasteiger partial charge is 0.224 e. The maximum atomic E-state index is 12.7. The number of amides is 2. The third-order valence-corrected chi connectivity index (χ3v) is 5.80. The lowest BCUT2D eigenvalue weighted by Gasteiger charge is -2.48. The first-order chi connectivity index (χ1) is 13.6. The summed E-state index contributed by atoms with van der Waals surface area (Å²) < 4.78 is 1.58. The highest BCUT2D eigenvalue weighted by molar-refractivity contribution is 5.78. The molecule has 1 atom stereocenters. The van der Waals surface area contributed by atoms with Crippen molar-refractivity contribution in [3.8, 4) is 0 Å². The van der Waals surface area contributed by atoms with Crippen LogP contribution in [0, 0.1) is 5.41 Å². The standard InChI is InChI=1S/C19H25N7O2/c27-17-4-7-19(14-25(17)12-16-3-1-8-20-11-16)6-2-9-24(13-19)18(28)5-10-26-15-21-22-23-26/h1,3,8,11,15H,2,4-7,9-10,12-14H2/t19-/m1/s1. The molecule has 2 aromatic rings. The lowest BCUT2D eigenvalue weighted by atomic mass is 9.73. The summed E-state index contributed by atoms with van der Waals surface area (Å²) in [5.74, 6) is 0.321. The van der Waals surface area contributed by atoms with Crippen molar-refractivity contribution in [1.82, 2.24) is 35.0 Å². The van der Waals surface area contributed by atoms with Crippen LogP contribution in [0.3, 0.4) is 0 Å². The van der Waals surface area contributed by atoms with Crippen LogP contribution >= 0.6 is 0 Å². The zero-order valence-electron chi connectivity index (χ0n) is 15.9. The van der Waals surface area contributed by atoms with Gasteiger partial charge in [-0.3, -0.25) is 14.6 Å². The second-order valence-electron chi connectivity index (χ2n) is 7.85. The summed E-state index contributed by atoms with van der Waals surface area (Å²) in [5, 5.41) is 11.0. The van der Waals surface area contributed by atoms with E-state index >= 15 is 0 Å². The first-order valence-electron chi connectivity index (χ1n) is 9.79. The quantitative estimate of drug-likeness (QED) is 0.761. The molecule has 0 N–H and O–H groups in total. The minimum Gasteiger partial charge on any atom is -0.342 e. The zero-order chi connectivity index (χ0) is 19.4. The Morgan fingerprint density at radius 2 is 2.18 bits per heavy atom. The maximum Gasteiger partial charge on any atom is 0.224 e. The number of pyridine rings is 1. The van der Waals surface area contributed by atoms with E-state index in [1.807, 2.05) is 28.1 Å². The van der Waals surface area contributed by atoms with E-state index < -0.39 is 0 Å². The van der Waals surface area contributed by atoms with E-state index in [9.17, 15) is 9.59 Å². The monoisotopic (exact) mass is 383 g/mol. The fourth-order valence-electron chi connectivity index (χ4n) is 4.36. The number of likely N-dealkylation sites (tertiary alicyclic amines) is 2. The molecule has 148 valence electrons. The van der Waals surface area contributed by atoms with Crippen LogP contribution in [0.4, 0.5) is 0 Å². The van der Waals surface area contributed by atoms with Gasteiger partial charge in [0.25, 0.3) is 0 Å². The van der Waals surface area contributed by atoms with Crippen molar-refractivity contribution in [3.63, 3.8) is 0 Å². The van der Waals surface area contributed by atoms with Crippen LogP contribution in [0.25, 0.3) is 0 Å². The lowest BCUT2D eigenvalue weighted by Crippen LogP contribution is -2.54. The van der Waals surface area contributed by atoms with Crippen LogP contribution in [0.2, 0.25) is 0 Å². The van der Waals surface area contributed by atoms with Gasteiger partial charge in [-0.05, 0) is 41.3 Å². The van der Waals surface area contributed by atoms with E-state index in [0.717, 1.165) is 37.9 Å². The van der Waals surface area contributed by atoms with Gasteiger partial charge in [0.15, 0.2) is 0 Å². The molecule has 2 aromatic heterocycles. The second-order valence-corrected chi connectivity index (χ2v) is 7.85. The molecule has 0 radical (unpaired) electrons. The fourth-order valence-corrected chi connectivity index (χ4v) is 4.36. The number of rotatable bonds is 5. The summed E-state index contributed by atoms with van der Waals surface area (Å²) in [6.45, 7) is 3.28. The van der Waals surface area contributed by atoms with Gasteiger partial charge in [-0.2, -0.15) is 0 Å². The number of aryl methyl sites for hydroxylation is 1. The summed E-state index contributed by atoms with van der Waals surface area (Å²) in [5.41, 5.74) is 1.04. The van der Waals surface area contributed by atoms with Gasteiger partial charge in [-0.15, -0.1) is 5.10 Å². The van der Waals surface area contributed by atoms with E-state index in [2.05, 4.69) is 20.5 Å². The number of aromatic nitrogens is 5. The number of tetrazole rings is 1. The number of hydrogen-bond donors (Lipinski definition) is 0. The molecule has 2 aliphatic rings. The molecule has 2 aliphatic heterocycles. The normalized spacial score (nSPS) is 22.6. The molecule has 4 heterocycles. The molecule has 2 amide bonds. The molecule has 1 spiro atoms. The van der Waals surface area contributed by atoms with Crippen molar-refractivity contribution in [2.45, 2.75) is 45.2 Å². The van der Waals surface area contributed by atoms with Crippen LogP contribution in [-0.4, -0.2) is 66.4 Å². The van der Waals surface area contributed by atoms with Gasteiger partial charge in [0, 0.05) is 56.8 Å². The molecule has 0 saturated carbocycles. The highest BCUT2D eigenvalue weighted by Crippen LogP contribution is 2.39. The van der Waals surface area contributed by atoms with Crippen molar-refractivity contribution < 1.29 is 9.59 Å². The average molecular weight is 383 g/mol. The van der Waals surface area contributed by atoms with Gasteiger partial charge in [-0.1, -0.05) is 6.07 Å². The Hall–Kier alpha value is -2.84. The summed E-state index contributed by atoms with van der Waals surface area (Å²) in [6, 6.07) is 3.89. The van der Waals surface area contributed by atoms with Gasteiger partial charge in [0.2, 0.25) is 11.8 Å².